The van der Waals surface area contributed by atoms with Crippen molar-refractivity contribution in [2.75, 3.05) is 18.6 Å². The van der Waals surface area contributed by atoms with Crippen LogP contribution in [-0.2, 0) is 25.0 Å². The number of ether oxygens (including phenoxy) is 1. The molecule has 0 aliphatic heterocycles. The fraction of sp³-hybridized carbons (Fsp3) is 0.417. The largest absolute Gasteiger partial charge is 0.474 e. The highest BCUT2D eigenvalue weighted by molar-refractivity contribution is 5.63. The molecule has 0 spiro atoms. The summed E-state index contributed by atoms with van der Waals surface area (Å²) in [6, 6.07) is 3.26. The summed E-state index contributed by atoms with van der Waals surface area (Å²) in [4.78, 5) is 36.6. The summed E-state index contributed by atoms with van der Waals surface area (Å²) in [5.41, 5.74) is -0.0589. The number of aliphatic imine (C=N–C) groups is 1. The zero-order chi connectivity index (χ0) is 27.4. The van der Waals surface area contributed by atoms with Crippen molar-refractivity contribution in [3.05, 3.63) is 74.9 Å². The second-order valence-electron chi connectivity index (χ2n) is 5.98. The molecule has 0 saturated heterocycles. The molecule has 0 fully saturated rings. The maximum atomic E-state index is 12.7. The number of anilines is 1. The van der Waals surface area contributed by atoms with Gasteiger partial charge in [0, 0.05) is 18.8 Å². The number of nitrogens with one attached hydrogen (secondary N) is 1. The zero-order valence-corrected chi connectivity index (χ0v) is 21.3. The zero-order valence-electron chi connectivity index (χ0n) is 21.3. The Bertz CT molecular complexity index is 1020. The second-order valence-corrected chi connectivity index (χ2v) is 5.98. The normalized spacial score (nSPS) is 9.51. The van der Waals surface area contributed by atoms with E-state index in [4.69, 9.17) is 4.74 Å². The number of pyridine rings is 1. The topological polar surface area (TPSA) is 92.6 Å². The Morgan fingerprint density at radius 1 is 1.23 bits per heavy atom. The molecule has 196 valence electrons. The van der Waals surface area contributed by atoms with Crippen LogP contribution in [-0.4, -0.2) is 34.9 Å². The Kier molecular flexibility index (Phi) is 19.0. The van der Waals surface area contributed by atoms with Crippen molar-refractivity contribution in [1.29, 1.82) is 0 Å². The van der Waals surface area contributed by atoms with E-state index in [0.717, 1.165) is 4.57 Å². The van der Waals surface area contributed by atoms with Crippen molar-refractivity contribution in [3.8, 4) is 0 Å². The average Bonchev–Trinajstić information content (AvgIpc) is 2.88. The number of hydrogen-bond acceptors (Lipinski definition) is 6. The average molecular weight is 500 g/mol. The van der Waals surface area contributed by atoms with Gasteiger partial charge in [0.25, 0.3) is 5.56 Å². The van der Waals surface area contributed by atoms with Crippen LogP contribution < -0.4 is 16.1 Å². The van der Waals surface area contributed by atoms with E-state index in [1.807, 2.05) is 34.6 Å². The number of aromatic amines is 1. The molecule has 0 unspecified atom stereocenters. The first-order valence-corrected chi connectivity index (χ1v) is 10.9. The molecule has 0 aliphatic rings. The minimum atomic E-state index is -1.75. The molecule has 2 heterocycles. The maximum absolute atomic E-state index is 12.7. The molecule has 2 rings (SSSR count). The van der Waals surface area contributed by atoms with Gasteiger partial charge in [0.15, 0.2) is 12.5 Å². The molecule has 0 aliphatic carbocycles. The van der Waals surface area contributed by atoms with Crippen LogP contribution in [0.25, 0.3) is 0 Å². The molecular formula is C24H36F3N5O3. The summed E-state index contributed by atoms with van der Waals surface area (Å²) in [6.45, 7) is 14.7. The molecule has 0 saturated carbocycles. The lowest BCUT2D eigenvalue weighted by atomic mass is 10.2. The Hall–Kier alpha value is -3.63. The highest BCUT2D eigenvalue weighted by Gasteiger charge is 2.20. The fourth-order valence-electron chi connectivity index (χ4n) is 2.40. The van der Waals surface area contributed by atoms with Crippen LogP contribution in [0.4, 0.5) is 24.7 Å². The number of halogens is 3. The first-order valence-electron chi connectivity index (χ1n) is 10.9. The number of rotatable bonds is 9. The molecule has 0 bridgehead atoms. The Morgan fingerprint density at radius 3 is 2.29 bits per heavy atom. The number of aromatic nitrogens is 3. The predicted octanol–water partition coefficient (Wildman–Crippen LogP) is 5.28. The highest BCUT2D eigenvalue weighted by Crippen LogP contribution is 2.22. The minimum absolute atomic E-state index is 0.0220. The van der Waals surface area contributed by atoms with E-state index < -0.39 is 24.9 Å². The van der Waals surface area contributed by atoms with Gasteiger partial charge in [-0.15, -0.1) is 0 Å². The van der Waals surface area contributed by atoms with Crippen LogP contribution in [0.3, 0.4) is 0 Å². The van der Waals surface area contributed by atoms with E-state index in [1.165, 1.54) is 13.2 Å². The monoisotopic (exact) mass is 499 g/mol. The minimum Gasteiger partial charge on any atom is -0.474 e. The smallest absolute Gasteiger partial charge is 0.329 e. The highest BCUT2D eigenvalue weighted by atomic mass is 19.3. The van der Waals surface area contributed by atoms with Gasteiger partial charge < -0.3 is 9.64 Å². The molecule has 8 nitrogen and oxygen atoms in total. The van der Waals surface area contributed by atoms with Crippen molar-refractivity contribution in [3.63, 3.8) is 0 Å². The summed E-state index contributed by atoms with van der Waals surface area (Å²) in [6.07, 6.45) is 4.86. The molecule has 2 aromatic rings. The van der Waals surface area contributed by atoms with Crippen LogP contribution in [0.2, 0.25) is 0 Å². The van der Waals surface area contributed by atoms with E-state index in [1.54, 1.807) is 29.2 Å². The van der Waals surface area contributed by atoms with E-state index in [-0.39, 0.29) is 24.8 Å². The van der Waals surface area contributed by atoms with E-state index in [2.05, 4.69) is 28.3 Å². The van der Waals surface area contributed by atoms with Crippen molar-refractivity contribution in [2.45, 2.75) is 47.8 Å². The lowest BCUT2D eigenvalue weighted by Crippen LogP contribution is -2.39. The van der Waals surface area contributed by atoms with Gasteiger partial charge >= 0.3 is 5.69 Å². The second kappa shape index (κ2) is 19.8. The third-order valence-electron chi connectivity index (χ3n) is 3.89. The molecule has 35 heavy (non-hydrogen) atoms. The van der Waals surface area contributed by atoms with Crippen molar-refractivity contribution >= 4 is 18.2 Å². The SMILES string of the molecule is C=Nc1[nH]c(=O)n(C)c(=O)c1N(COC(=C)/C=C/C)Cc1ccc(CF)cn1.CC.CC.FCF. The third-order valence-corrected chi connectivity index (χ3v) is 3.89. The molecule has 0 radical (unpaired) electrons. The number of nitrogens with zero attached hydrogens (tertiary/aromatic N) is 4. The number of allylic oxidation sites excluding steroid dienone is 2. The standard InChI is InChI=1S/C19H22FN5O3.2C2H6.CH2F2/c1-5-6-13(2)28-12-25(11-15-8-7-14(9-20)10-22-15)16-17(21-3)23-19(27)24(4)18(16)26;2*1-2;2-1-3/h5-8,10H,2-3,9,11-12H2,1,4H3,(H,23,27);2*1-2H3;1H2/b6-5+;;;. The van der Waals surface area contributed by atoms with Gasteiger partial charge in [0.2, 0.25) is 6.93 Å². The molecule has 2 aromatic heterocycles. The molecular weight excluding hydrogens is 463 g/mol. The van der Waals surface area contributed by atoms with Gasteiger partial charge in [-0.1, -0.05) is 46.4 Å². The lowest BCUT2D eigenvalue weighted by Gasteiger charge is -2.25. The van der Waals surface area contributed by atoms with Crippen LogP contribution in [0, 0.1) is 0 Å². The van der Waals surface area contributed by atoms with E-state index >= 15 is 0 Å². The van der Waals surface area contributed by atoms with Crippen LogP contribution in [0.15, 0.2) is 57.4 Å². The Labute approximate surface area is 204 Å². The Balaban J connectivity index is 0. The van der Waals surface area contributed by atoms with Crippen molar-refractivity contribution in [2.24, 2.45) is 12.0 Å². The molecule has 11 heteroatoms. The summed E-state index contributed by atoms with van der Waals surface area (Å²) in [7, 11) is 1.35. The number of alkyl halides is 3. The van der Waals surface area contributed by atoms with Crippen molar-refractivity contribution in [1.82, 2.24) is 14.5 Å². The fourth-order valence-corrected chi connectivity index (χ4v) is 2.40. The van der Waals surface area contributed by atoms with Gasteiger partial charge in [-0.2, -0.15) is 0 Å². The van der Waals surface area contributed by atoms with Gasteiger partial charge in [0.1, 0.15) is 18.1 Å². The van der Waals surface area contributed by atoms with Crippen LogP contribution >= 0.6 is 0 Å². The third kappa shape index (κ3) is 11.4. The van der Waals surface area contributed by atoms with Gasteiger partial charge in [-0.05, 0) is 25.8 Å². The summed E-state index contributed by atoms with van der Waals surface area (Å²) >= 11 is 0. The van der Waals surface area contributed by atoms with Gasteiger partial charge in [-0.25, -0.2) is 23.0 Å². The number of H-pyrrole nitrogens is 1. The maximum Gasteiger partial charge on any atom is 0.329 e. The summed E-state index contributed by atoms with van der Waals surface area (Å²) in [5, 5.41) is 0. The lowest BCUT2D eigenvalue weighted by molar-refractivity contribution is 0.222. The Morgan fingerprint density at radius 2 is 1.83 bits per heavy atom. The molecule has 0 atom stereocenters. The molecule has 0 aromatic carbocycles. The first kappa shape index (κ1) is 33.5. The predicted molar refractivity (Wildman–Crippen MR) is 136 cm³/mol. The summed E-state index contributed by atoms with van der Waals surface area (Å²) < 4.78 is 38.5. The number of hydrogen-bond donors (Lipinski definition) is 1. The van der Waals surface area contributed by atoms with Gasteiger partial charge in [0.05, 0.1) is 12.2 Å². The molecule has 0 amide bonds. The van der Waals surface area contributed by atoms with Gasteiger partial charge in [-0.3, -0.25) is 19.3 Å². The summed E-state index contributed by atoms with van der Waals surface area (Å²) in [5.74, 6) is 0.413. The van der Waals surface area contributed by atoms with Crippen LogP contribution in [0.1, 0.15) is 45.9 Å². The first-order chi connectivity index (χ1) is 16.8. The van der Waals surface area contributed by atoms with Crippen LogP contribution in [0.5, 0.6) is 0 Å². The molecule has 1 N–H and O–H groups in total. The van der Waals surface area contributed by atoms with E-state index in [0.29, 0.717) is 17.0 Å². The quantitative estimate of drug-likeness (QED) is 0.219. The van der Waals surface area contributed by atoms with E-state index in [9.17, 15) is 22.8 Å². The van der Waals surface area contributed by atoms with Crippen molar-refractivity contribution < 1.29 is 17.9 Å².